The van der Waals surface area contributed by atoms with E-state index in [0.717, 1.165) is 10.2 Å². The summed E-state index contributed by atoms with van der Waals surface area (Å²) < 4.78 is 0.961. The van der Waals surface area contributed by atoms with Gasteiger partial charge in [-0.15, -0.1) is 0 Å². The molecule has 2 aromatic carbocycles. The lowest BCUT2D eigenvalue weighted by molar-refractivity contribution is 0.0986. The molecular formula is C15H12BrCl2NO. The second kappa shape index (κ2) is 7.11. The summed E-state index contributed by atoms with van der Waals surface area (Å²) in [5.74, 6) is 0.102. The van der Waals surface area contributed by atoms with Gasteiger partial charge in [-0.3, -0.25) is 4.79 Å². The van der Waals surface area contributed by atoms with Crippen LogP contribution in [0.5, 0.6) is 0 Å². The third-order valence-electron chi connectivity index (χ3n) is 2.77. The smallest absolute Gasteiger partial charge is 0.164 e. The average molecular weight is 373 g/mol. The second-order valence-electron chi connectivity index (χ2n) is 4.24. The van der Waals surface area contributed by atoms with Crippen molar-refractivity contribution in [2.45, 2.75) is 6.42 Å². The van der Waals surface area contributed by atoms with Crippen molar-refractivity contribution in [1.82, 2.24) is 0 Å². The van der Waals surface area contributed by atoms with Crippen LogP contribution in [-0.2, 0) is 0 Å². The van der Waals surface area contributed by atoms with Gasteiger partial charge in [-0.05, 0) is 30.3 Å². The van der Waals surface area contributed by atoms with Gasteiger partial charge in [-0.1, -0.05) is 51.3 Å². The summed E-state index contributed by atoms with van der Waals surface area (Å²) in [5.41, 5.74) is 1.56. The van der Waals surface area contributed by atoms with E-state index in [1.54, 1.807) is 12.1 Å². The molecule has 0 spiro atoms. The van der Waals surface area contributed by atoms with Crippen LogP contribution in [0.4, 0.5) is 5.69 Å². The Hall–Kier alpha value is -1.03. The Morgan fingerprint density at radius 3 is 2.40 bits per heavy atom. The van der Waals surface area contributed by atoms with Gasteiger partial charge in [0, 0.05) is 28.7 Å². The summed E-state index contributed by atoms with van der Waals surface area (Å²) in [6, 6.07) is 12.6. The second-order valence-corrected chi connectivity index (χ2v) is 5.97. The molecule has 1 N–H and O–H groups in total. The van der Waals surface area contributed by atoms with Gasteiger partial charge in [0.05, 0.1) is 10.0 Å². The Morgan fingerprint density at radius 1 is 1.05 bits per heavy atom. The molecule has 0 atom stereocenters. The third kappa shape index (κ3) is 4.23. The number of nitrogens with one attached hydrogen (secondary N) is 1. The maximum Gasteiger partial charge on any atom is 0.164 e. The zero-order chi connectivity index (χ0) is 14.5. The van der Waals surface area contributed by atoms with E-state index in [2.05, 4.69) is 21.2 Å². The van der Waals surface area contributed by atoms with Crippen LogP contribution in [0, 0.1) is 0 Å². The fourth-order valence-corrected chi connectivity index (χ4v) is 2.27. The number of Topliss-reactive ketones (excluding diaryl/α,β-unsaturated/α-hetero) is 1. The molecule has 0 amide bonds. The fraction of sp³-hybridized carbons (Fsp3) is 0.133. The lowest BCUT2D eigenvalue weighted by Gasteiger charge is -2.07. The highest BCUT2D eigenvalue weighted by Gasteiger charge is 2.05. The van der Waals surface area contributed by atoms with Crippen LogP contribution in [-0.4, -0.2) is 12.3 Å². The highest BCUT2D eigenvalue weighted by molar-refractivity contribution is 9.10. The molecule has 0 unspecified atom stereocenters. The molecule has 20 heavy (non-hydrogen) atoms. The normalized spacial score (nSPS) is 10.3. The van der Waals surface area contributed by atoms with E-state index in [-0.39, 0.29) is 5.78 Å². The number of hydrogen-bond donors (Lipinski definition) is 1. The molecule has 0 aliphatic carbocycles. The van der Waals surface area contributed by atoms with Gasteiger partial charge in [0.15, 0.2) is 5.78 Å². The molecule has 2 rings (SSSR count). The van der Waals surface area contributed by atoms with E-state index in [0.29, 0.717) is 28.6 Å². The number of carbonyl (C=O) groups is 1. The molecule has 0 heterocycles. The van der Waals surface area contributed by atoms with Gasteiger partial charge in [-0.25, -0.2) is 0 Å². The summed E-state index contributed by atoms with van der Waals surface area (Å²) >= 11 is 15.1. The van der Waals surface area contributed by atoms with E-state index in [4.69, 9.17) is 23.2 Å². The Labute approximate surface area is 136 Å². The summed E-state index contributed by atoms with van der Waals surface area (Å²) in [7, 11) is 0. The molecule has 0 radical (unpaired) electrons. The van der Waals surface area contributed by atoms with Crippen LogP contribution in [0.2, 0.25) is 10.0 Å². The summed E-state index contributed by atoms with van der Waals surface area (Å²) in [6.45, 7) is 0.548. The van der Waals surface area contributed by atoms with Crippen molar-refractivity contribution in [2.24, 2.45) is 0 Å². The van der Waals surface area contributed by atoms with Gasteiger partial charge in [0.1, 0.15) is 0 Å². The molecule has 0 aromatic heterocycles. The molecule has 0 bridgehead atoms. The van der Waals surface area contributed by atoms with Crippen molar-refractivity contribution in [2.75, 3.05) is 11.9 Å². The first-order chi connectivity index (χ1) is 9.56. The Morgan fingerprint density at radius 2 is 1.75 bits per heavy atom. The van der Waals surface area contributed by atoms with Gasteiger partial charge < -0.3 is 5.32 Å². The highest BCUT2D eigenvalue weighted by atomic mass is 79.9. The summed E-state index contributed by atoms with van der Waals surface area (Å²) in [5, 5.41) is 4.16. The van der Waals surface area contributed by atoms with Gasteiger partial charge in [-0.2, -0.15) is 0 Å². The number of rotatable bonds is 5. The minimum atomic E-state index is 0.102. The molecule has 0 aliphatic rings. The SMILES string of the molecule is O=C(CCNc1ccc(Cl)c(Cl)c1)c1ccc(Br)cc1. The van der Waals surface area contributed by atoms with E-state index in [1.807, 2.05) is 30.3 Å². The van der Waals surface area contributed by atoms with Crippen molar-refractivity contribution in [1.29, 1.82) is 0 Å². The van der Waals surface area contributed by atoms with Crippen molar-refractivity contribution in [3.05, 3.63) is 62.5 Å². The standard InChI is InChI=1S/C15H12BrCl2NO/c16-11-3-1-10(2-4-11)15(20)7-8-19-12-5-6-13(17)14(18)9-12/h1-6,9,19H,7-8H2. The minimum absolute atomic E-state index is 0.102. The number of hydrogen-bond acceptors (Lipinski definition) is 2. The third-order valence-corrected chi connectivity index (χ3v) is 4.03. The number of anilines is 1. The van der Waals surface area contributed by atoms with Gasteiger partial charge in [0.2, 0.25) is 0 Å². The van der Waals surface area contributed by atoms with Crippen LogP contribution in [0.15, 0.2) is 46.9 Å². The predicted octanol–water partition coefficient (Wildman–Crippen LogP) is 5.44. The lowest BCUT2D eigenvalue weighted by Crippen LogP contribution is -2.08. The minimum Gasteiger partial charge on any atom is -0.385 e. The van der Waals surface area contributed by atoms with E-state index < -0.39 is 0 Å². The van der Waals surface area contributed by atoms with E-state index >= 15 is 0 Å². The van der Waals surface area contributed by atoms with Gasteiger partial charge in [0.25, 0.3) is 0 Å². The average Bonchev–Trinajstić information content (AvgIpc) is 2.43. The first kappa shape index (κ1) is 15.4. The summed E-state index contributed by atoms with van der Waals surface area (Å²) in [4.78, 5) is 12.0. The van der Waals surface area contributed by atoms with Crippen molar-refractivity contribution in [3.63, 3.8) is 0 Å². The maximum atomic E-state index is 12.0. The van der Waals surface area contributed by atoms with Crippen LogP contribution in [0.3, 0.4) is 0 Å². The molecule has 0 saturated heterocycles. The quantitative estimate of drug-likeness (QED) is 0.708. The Balaban J connectivity index is 1.87. The largest absolute Gasteiger partial charge is 0.385 e. The highest BCUT2D eigenvalue weighted by Crippen LogP contribution is 2.25. The Bertz CT molecular complexity index is 614. The molecule has 2 aromatic rings. The molecule has 104 valence electrons. The summed E-state index contributed by atoms with van der Waals surface area (Å²) in [6.07, 6.45) is 0.419. The predicted molar refractivity (Wildman–Crippen MR) is 88.0 cm³/mol. The number of benzene rings is 2. The number of ketones is 1. The molecule has 0 saturated carbocycles. The fourth-order valence-electron chi connectivity index (χ4n) is 1.71. The first-order valence-corrected chi connectivity index (χ1v) is 7.59. The first-order valence-electron chi connectivity index (χ1n) is 6.04. The molecular weight excluding hydrogens is 361 g/mol. The molecule has 0 aliphatic heterocycles. The van der Waals surface area contributed by atoms with Crippen LogP contribution >= 0.6 is 39.1 Å². The monoisotopic (exact) mass is 371 g/mol. The van der Waals surface area contributed by atoms with Crippen LogP contribution in [0.1, 0.15) is 16.8 Å². The lowest BCUT2D eigenvalue weighted by atomic mass is 10.1. The van der Waals surface area contributed by atoms with Gasteiger partial charge >= 0.3 is 0 Å². The zero-order valence-electron chi connectivity index (χ0n) is 10.5. The van der Waals surface area contributed by atoms with Crippen LogP contribution < -0.4 is 5.32 Å². The van der Waals surface area contributed by atoms with Crippen molar-refractivity contribution >= 4 is 50.6 Å². The van der Waals surface area contributed by atoms with E-state index in [9.17, 15) is 4.79 Å². The topological polar surface area (TPSA) is 29.1 Å². The van der Waals surface area contributed by atoms with E-state index in [1.165, 1.54) is 0 Å². The molecule has 2 nitrogen and oxygen atoms in total. The molecule has 5 heteroatoms. The van der Waals surface area contributed by atoms with Crippen LogP contribution in [0.25, 0.3) is 0 Å². The zero-order valence-corrected chi connectivity index (χ0v) is 13.6. The number of carbonyl (C=O) groups excluding carboxylic acids is 1. The van der Waals surface area contributed by atoms with Crippen molar-refractivity contribution in [3.8, 4) is 0 Å². The maximum absolute atomic E-state index is 12.0. The van der Waals surface area contributed by atoms with Crippen molar-refractivity contribution < 1.29 is 4.79 Å². The Kier molecular flexibility index (Phi) is 5.46. The molecule has 0 fully saturated rings. The number of halogens is 3.